The SMILES string of the molecule is Cc1ccc(NC(=S)N(CCN(C)C)Cc2nc3ccccc3c(=O)[nH]2)cc1C. The van der Waals surface area contributed by atoms with E-state index in [-0.39, 0.29) is 5.56 Å². The number of para-hydroxylation sites is 1. The van der Waals surface area contributed by atoms with Crippen molar-refractivity contribution in [3.05, 3.63) is 69.8 Å². The Bertz CT molecular complexity index is 1080. The summed E-state index contributed by atoms with van der Waals surface area (Å²) in [5, 5.41) is 4.52. The number of rotatable bonds is 6. The van der Waals surface area contributed by atoms with Gasteiger partial charge in [-0.3, -0.25) is 4.79 Å². The number of likely N-dealkylation sites (N-methyl/N-ethyl adjacent to an activating group) is 1. The van der Waals surface area contributed by atoms with Gasteiger partial charge in [0.05, 0.1) is 17.4 Å². The molecule has 0 radical (unpaired) electrons. The summed E-state index contributed by atoms with van der Waals surface area (Å²) in [6, 6.07) is 13.5. The topological polar surface area (TPSA) is 64.3 Å². The number of fused-ring (bicyclic) bond motifs is 1. The minimum absolute atomic E-state index is 0.133. The molecule has 0 saturated heterocycles. The smallest absolute Gasteiger partial charge is 0.258 e. The summed E-state index contributed by atoms with van der Waals surface area (Å²) < 4.78 is 0. The van der Waals surface area contributed by atoms with Crippen LogP contribution in [0.4, 0.5) is 5.69 Å². The van der Waals surface area contributed by atoms with Crippen molar-refractivity contribution in [1.82, 2.24) is 19.8 Å². The van der Waals surface area contributed by atoms with Crippen LogP contribution in [-0.2, 0) is 6.54 Å². The first-order valence-corrected chi connectivity index (χ1v) is 10.00. The first-order valence-electron chi connectivity index (χ1n) is 9.59. The molecule has 0 aliphatic carbocycles. The Morgan fingerprint density at radius 2 is 1.86 bits per heavy atom. The Balaban J connectivity index is 1.83. The summed E-state index contributed by atoms with van der Waals surface area (Å²) in [4.78, 5) is 24.0. The number of nitrogens with one attached hydrogen (secondary N) is 2. The van der Waals surface area contributed by atoms with Crippen LogP contribution in [0.3, 0.4) is 0 Å². The summed E-state index contributed by atoms with van der Waals surface area (Å²) in [5.41, 5.74) is 3.95. The van der Waals surface area contributed by atoms with E-state index < -0.39 is 0 Å². The average molecular weight is 410 g/mol. The van der Waals surface area contributed by atoms with E-state index in [0.717, 1.165) is 12.2 Å². The van der Waals surface area contributed by atoms with Crippen molar-refractivity contribution in [1.29, 1.82) is 0 Å². The second-order valence-corrected chi connectivity index (χ2v) is 7.87. The molecule has 0 bridgehead atoms. The fourth-order valence-corrected chi connectivity index (χ4v) is 3.26. The number of hydrogen-bond donors (Lipinski definition) is 2. The highest BCUT2D eigenvalue weighted by Gasteiger charge is 2.14. The van der Waals surface area contributed by atoms with Gasteiger partial charge in [0, 0.05) is 18.8 Å². The molecule has 1 aromatic heterocycles. The quantitative estimate of drug-likeness (QED) is 0.609. The molecule has 0 aliphatic heterocycles. The minimum Gasteiger partial charge on any atom is -0.340 e. The zero-order valence-corrected chi connectivity index (χ0v) is 18.1. The predicted octanol–water partition coefficient (Wildman–Crippen LogP) is 3.30. The normalized spacial score (nSPS) is 11.1. The molecule has 1 heterocycles. The summed E-state index contributed by atoms with van der Waals surface area (Å²) in [5.74, 6) is 0.594. The molecular formula is C22H27N5OS. The van der Waals surface area contributed by atoms with Gasteiger partial charge in [0.2, 0.25) is 0 Å². The van der Waals surface area contributed by atoms with Gasteiger partial charge >= 0.3 is 0 Å². The first kappa shape index (κ1) is 21.0. The second-order valence-electron chi connectivity index (χ2n) is 7.48. The summed E-state index contributed by atoms with van der Waals surface area (Å²) in [6.45, 7) is 6.12. The third kappa shape index (κ3) is 5.40. The molecule has 152 valence electrons. The van der Waals surface area contributed by atoms with Gasteiger partial charge in [-0.2, -0.15) is 0 Å². The van der Waals surface area contributed by atoms with E-state index in [4.69, 9.17) is 12.2 Å². The van der Waals surface area contributed by atoms with Crippen LogP contribution in [0.25, 0.3) is 10.9 Å². The molecule has 2 aromatic carbocycles. The van der Waals surface area contributed by atoms with Crippen LogP contribution in [0, 0.1) is 13.8 Å². The zero-order valence-electron chi connectivity index (χ0n) is 17.3. The average Bonchev–Trinajstić information content (AvgIpc) is 2.68. The van der Waals surface area contributed by atoms with Crippen LogP contribution in [0.15, 0.2) is 47.3 Å². The molecule has 0 saturated carbocycles. The van der Waals surface area contributed by atoms with Gasteiger partial charge in [-0.05, 0) is 75.6 Å². The maximum atomic E-state index is 12.4. The van der Waals surface area contributed by atoms with Crippen molar-refractivity contribution in [2.24, 2.45) is 0 Å². The number of aryl methyl sites for hydroxylation is 2. The van der Waals surface area contributed by atoms with E-state index in [2.05, 4.69) is 46.2 Å². The third-order valence-electron chi connectivity index (χ3n) is 4.87. The molecule has 0 aliphatic rings. The lowest BCUT2D eigenvalue weighted by Crippen LogP contribution is -2.39. The number of nitrogens with zero attached hydrogens (tertiary/aromatic N) is 3. The number of thiocarbonyl (C=S) groups is 1. The first-order chi connectivity index (χ1) is 13.8. The summed E-state index contributed by atoms with van der Waals surface area (Å²) in [7, 11) is 4.04. The van der Waals surface area contributed by atoms with Crippen molar-refractivity contribution in [2.75, 3.05) is 32.5 Å². The molecule has 6 nitrogen and oxygen atoms in total. The lowest BCUT2D eigenvalue weighted by atomic mass is 10.1. The molecular weight excluding hydrogens is 382 g/mol. The number of H-pyrrole nitrogens is 1. The highest BCUT2D eigenvalue weighted by molar-refractivity contribution is 7.80. The van der Waals surface area contributed by atoms with Crippen molar-refractivity contribution in [2.45, 2.75) is 20.4 Å². The Morgan fingerprint density at radius 3 is 2.59 bits per heavy atom. The van der Waals surface area contributed by atoms with E-state index in [1.165, 1.54) is 11.1 Å². The van der Waals surface area contributed by atoms with Gasteiger partial charge in [0.15, 0.2) is 5.11 Å². The molecule has 3 rings (SSSR count). The van der Waals surface area contributed by atoms with Crippen LogP contribution in [-0.4, -0.2) is 52.1 Å². The fourth-order valence-electron chi connectivity index (χ4n) is 2.99. The lowest BCUT2D eigenvalue weighted by molar-refractivity contribution is 0.323. The fraction of sp³-hybridized carbons (Fsp3) is 0.318. The second kappa shape index (κ2) is 9.15. The number of hydrogen-bond acceptors (Lipinski definition) is 4. The molecule has 2 N–H and O–H groups in total. The van der Waals surface area contributed by atoms with E-state index in [1.54, 1.807) is 6.07 Å². The van der Waals surface area contributed by atoms with Crippen molar-refractivity contribution in [3.63, 3.8) is 0 Å². The van der Waals surface area contributed by atoms with E-state index >= 15 is 0 Å². The number of benzene rings is 2. The van der Waals surface area contributed by atoms with Crippen LogP contribution < -0.4 is 10.9 Å². The largest absolute Gasteiger partial charge is 0.340 e. The van der Waals surface area contributed by atoms with E-state index in [1.807, 2.05) is 43.3 Å². The van der Waals surface area contributed by atoms with Crippen molar-refractivity contribution < 1.29 is 0 Å². The zero-order chi connectivity index (χ0) is 21.0. The molecule has 0 unspecified atom stereocenters. The van der Waals surface area contributed by atoms with Crippen molar-refractivity contribution in [3.8, 4) is 0 Å². The molecule has 3 aromatic rings. The molecule has 29 heavy (non-hydrogen) atoms. The van der Waals surface area contributed by atoms with Gasteiger partial charge in [0.1, 0.15) is 5.82 Å². The van der Waals surface area contributed by atoms with Gasteiger partial charge < -0.3 is 20.1 Å². The van der Waals surface area contributed by atoms with E-state index in [9.17, 15) is 4.79 Å². The maximum absolute atomic E-state index is 12.4. The molecule has 7 heteroatoms. The maximum Gasteiger partial charge on any atom is 0.258 e. The molecule has 0 spiro atoms. The van der Waals surface area contributed by atoms with Gasteiger partial charge in [-0.15, -0.1) is 0 Å². The van der Waals surface area contributed by atoms with Crippen LogP contribution in [0.5, 0.6) is 0 Å². The number of aromatic nitrogens is 2. The number of aromatic amines is 1. The highest BCUT2D eigenvalue weighted by Crippen LogP contribution is 2.15. The van der Waals surface area contributed by atoms with Gasteiger partial charge in [0.25, 0.3) is 5.56 Å². The summed E-state index contributed by atoms with van der Waals surface area (Å²) >= 11 is 5.69. The Kier molecular flexibility index (Phi) is 6.61. The van der Waals surface area contributed by atoms with Gasteiger partial charge in [-0.25, -0.2) is 4.98 Å². The summed E-state index contributed by atoms with van der Waals surface area (Å²) in [6.07, 6.45) is 0. The van der Waals surface area contributed by atoms with Crippen LogP contribution in [0.2, 0.25) is 0 Å². The lowest BCUT2D eigenvalue weighted by Gasteiger charge is -2.27. The van der Waals surface area contributed by atoms with Crippen LogP contribution >= 0.6 is 12.2 Å². The Morgan fingerprint density at radius 1 is 1.10 bits per heavy atom. The highest BCUT2D eigenvalue weighted by atomic mass is 32.1. The minimum atomic E-state index is -0.133. The van der Waals surface area contributed by atoms with Crippen molar-refractivity contribution >= 4 is 33.9 Å². The standard InChI is InChI=1S/C22H27N5OS/c1-15-9-10-17(13-16(15)2)23-22(29)27(12-11-26(3)4)14-20-24-19-8-6-5-7-18(19)21(28)25-20/h5-10,13H,11-12,14H2,1-4H3,(H,23,29)(H,24,25,28). The Hall–Kier alpha value is -2.77. The predicted molar refractivity (Wildman–Crippen MR) is 123 cm³/mol. The van der Waals surface area contributed by atoms with Crippen LogP contribution in [0.1, 0.15) is 17.0 Å². The molecule has 0 amide bonds. The van der Waals surface area contributed by atoms with E-state index in [0.29, 0.717) is 34.9 Å². The monoisotopic (exact) mass is 409 g/mol. The molecule has 0 atom stereocenters. The molecule has 0 fully saturated rings. The Labute approximate surface area is 176 Å². The van der Waals surface area contributed by atoms with Gasteiger partial charge in [-0.1, -0.05) is 18.2 Å². The number of anilines is 1. The third-order valence-corrected chi connectivity index (χ3v) is 5.23.